The molecule has 1 aliphatic heterocycles. The molecule has 0 radical (unpaired) electrons. The van der Waals surface area contributed by atoms with Gasteiger partial charge in [0.2, 0.25) is 6.10 Å². The summed E-state index contributed by atoms with van der Waals surface area (Å²) in [5.41, 5.74) is -2.60. The molecule has 2 unspecified atom stereocenters. The first-order valence-electron chi connectivity index (χ1n) is 4.65. The number of hydrogen-bond acceptors (Lipinski definition) is 4. The van der Waals surface area contributed by atoms with Gasteiger partial charge >= 0.3 is 12.1 Å². The molecule has 0 aromatic heterocycles. The highest BCUT2D eigenvalue weighted by Gasteiger charge is 2.61. The molecule has 4 nitrogen and oxygen atoms in total. The van der Waals surface area contributed by atoms with Crippen LogP contribution in [0.1, 0.15) is 20.3 Å². The van der Waals surface area contributed by atoms with E-state index in [-0.39, 0.29) is 6.61 Å². The Morgan fingerprint density at radius 2 is 2.19 bits per heavy atom. The molecule has 7 heteroatoms. The minimum atomic E-state index is -4.69. The smallest absolute Gasteiger partial charge is 0.417 e. The summed E-state index contributed by atoms with van der Waals surface area (Å²) in [5.74, 6) is -1.97. The Kier molecular flexibility index (Phi) is 3.27. The second-order valence-electron chi connectivity index (χ2n) is 3.62. The molecule has 0 spiro atoms. The summed E-state index contributed by atoms with van der Waals surface area (Å²) in [5, 5.41) is 0. The van der Waals surface area contributed by atoms with E-state index in [1.165, 1.54) is 6.92 Å². The monoisotopic (exact) mass is 240 g/mol. The molecule has 0 N–H and O–H groups in total. The van der Waals surface area contributed by atoms with Crippen molar-refractivity contribution in [3.63, 3.8) is 0 Å². The fourth-order valence-electron chi connectivity index (χ4n) is 1.36. The van der Waals surface area contributed by atoms with Crippen molar-refractivity contribution in [2.24, 2.45) is 0 Å². The number of esters is 1. The molecule has 1 saturated heterocycles. The first-order chi connectivity index (χ1) is 7.21. The van der Waals surface area contributed by atoms with Gasteiger partial charge in [-0.3, -0.25) is 4.79 Å². The van der Waals surface area contributed by atoms with Crippen LogP contribution in [0.5, 0.6) is 0 Å². The predicted octanol–water partition coefficient (Wildman–Crippen LogP) is 1.23. The summed E-state index contributed by atoms with van der Waals surface area (Å²) in [6.07, 6.45) is -7.31. The molecule has 1 heterocycles. The van der Waals surface area contributed by atoms with Crippen LogP contribution in [0.15, 0.2) is 0 Å². The Labute approximate surface area is 89.7 Å². The van der Waals surface area contributed by atoms with Crippen LogP contribution in [0.3, 0.4) is 0 Å². The molecular weight excluding hydrogens is 229 g/mol. The van der Waals surface area contributed by atoms with Crippen LogP contribution in [0, 0.1) is 0 Å². The molecule has 0 aromatic rings. The van der Waals surface area contributed by atoms with Gasteiger partial charge in [0.05, 0.1) is 6.61 Å². The lowest BCUT2D eigenvalue weighted by Crippen LogP contribution is -2.43. The average molecular weight is 240 g/mol. The fraction of sp³-hybridized carbons (Fsp3) is 0.778. The van der Waals surface area contributed by atoms with Crippen molar-refractivity contribution in [3.8, 4) is 0 Å². The van der Waals surface area contributed by atoms with Gasteiger partial charge in [0.1, 0.15) is 0 Å². The standard InChI is InChI=1S/C9H11F3O4/c1-3-15-7(14)6-5(13)4-8(2,16-6)9(10,11)12/h6H,3-4H2,1-2H3. The van der Waals surface area contributed by atoms with Gasteiger partial charge in [0, 0.05) is 6.42 Å². The van der Waals surface area contributed by atoms with Gasteiger partial charge in [-0.05, 0) is 13.8 Å². The second-order valence-corrected chi connectivity index (χ2v) is 3.62. The van der Waals surface area contributed by atoms with Crippen LogP contribution < -0.4 is 0 Å². The van der Waals surface area contributed by atoms with Crippen LogP contribution in [-0.2, 0) is 19.1 Å². The lowest BCUT2D eigenvalue weighted by Gasteiger charge is -2.25. The van der Waals surface area contributed by atoms with E-state index in [0.717, 1.165) is 6.92 Å². The highest BCUT2D eigenvalue weighted by atomic mass is 19.4. The predicted molar refractivity (Wildman–Crippen MR) is 45.6 cm³/mol. The van der Waals surface area contributed by atoms with Crippen LogP contribution in [0.4, 0.5) is 13.2 Å². The summed E-state index contributed by atoms with van der Waals surface area (Å²) in [4.78, 5) is 22.4. The van der Waals surface area contributed by atoms with Crippen molar-refractivity contribution in [2.75, 3.05) is 6.61 Å². The van der Waals surface area contributed by atoms with Crippen LogP contribution in [-0.4, -0.2) is 36.2 Å². The zero-order chi connectivity index (χ0) is 12.6. The molecule has 1 fully saturated rings. The van der Waals surface area contributed by atoms with Crippen molar-refractivity contribution >= 4 is 11.8 Å². The lowest BCUT2D eigenvalue weighted by atomic mass is 10.0. The Morgan fingerprint density at radius 3 is 2.56 bits per heavy atom. The Morgan fingerprint density at radius 1 is 1.62 bits per heavy atom. The van der Waals surface area contributed by atoms with Gasteiger partial charge in [-0.1, -0.05) is 0 Å². The maximum Gasteiger partial charge on any atom is 0.417 e. The largest absolute Gasteiger partial charge is 0.464 e. The van der Waals surface area contributed by atoms with E-state index >= 15 is 0 Å². The quantitative estimate of drug-likeness (QED) is 0.538. The molecule has 92 valence electrons. The highest BCUT2D eigenvalue weighted by Crippen LogP contribution is 2.41. The third-order valence-corrected chi connectivity index (χ3v) is 2.28. The van der Waals surface area contributed by atoms with Gasteiger partial charge < -0.3 is 9.47 Å². The first kappa shape index (κ1) is 13.0. The highest BCUT2D eigenvalue weighted by molar-refractivity contribution is 6.03. The van der Waals surface area contributed by atoms with Gasteiger partial charge in [-0.25, -0.2) is 4.79 Å². The number of carbonyl (C=O) groups is 2. The van der Waals surface area contributed by atoms with Crippen molar-refractivity contribution < 1.29 is 32.2 Å². The molecular formula is C9H11F3O4. The normalized spacial score (nSPS) is 30.6. The average Bonchev–Trinajstić information content (AvgIpc) is 2.42. The molecule has 1 aliphatic rings. The van der Waals surface area contributed by atoms with Gasteiger partial charge in [-0.2, -0.15) is 13.2 Å². The summed E-state index contributed by atoms with van der Waals surface area (Å²) >= 11 is 0. The van der Waals surface area contributed by atoms with Crippen molar-refractivity contribution in [2.45, 2.75) is 38.1 Å². The van der Waals surface area contributed by atoms with Crippen LogP contribution in [0.2, 0.25) is 0 Å². The Bertz CT molecular complexity index is 312. The SMILES string of the molecule is CCOC(=O)C1OC(C)(C(F)(F)F)CC1=O. The lowest BCUT2D eigenvalue weighted by molar-refractivity contribution is -0.264. The first-order valence-corrected chi connectivity index (χ1v) is 4.65. The number of alkyl halides is 3. The number of ketones is 1. The Hall–Kier alpha value is -1.11. The van der Waals surface area contributed by atoms with E-state index in [2.05, 4.69) is 9.47 Å². The number of hydrogen-bond donors (Lipinski definition) is 0. The zero-order valence-electron chi connectivity index (χ0n) is 8.76. The molecule has 0 aromatic carbocycles. The van der Waals surface area contributed by atoms with E-state index in [4.69, 9.17) is 0 Å². The fourth-order valence-corrected chi connectivity index (χ4v) is 1.36. The van der Waals surface area contributed by atoms with Crippen LogP contribution in [0.25, 0.3) is 0 Å². The van der Waals surface area contributed by atoms with Crippen molar-refractivity contribution in [1.82, 2.24) is 0 Å². The van der Waals surface area contributed by atoms with Gasteiger partial charge in [0.25, 0.3) is 0 Å². The number of ether oxygens (including phenoxy) is 2. The minimum absolute atomic E-state index is 0.0191. The molecule has 1 rings (SSSR count). The van der Waals surface area contributed by atoms with Crippen molar-refractivity contribution in [3.05, 3.63) is 0 Å². The second kappa shape index (κ2) is 4.04. The molecule has 0 saturated carbocycles. The van der Waals surface area contributed by atoms with Gasteiger partial charge in [-0.15, -0.1) is 0 Å². The van der Waals surface area contributed by atoms with Crippen molar-refractivity contribution in [1.29, 1.82) is 0 Å². The van der Waals surface area contributed by atoms with Crippen LogP contribution >= 0.6 is 0 Å². The number of halogens is 3. The number of Topliss-reactive ketones (excluding diaryl/α,β-unsaturated/α-hetero) is 1. The van der Waals surface area contributed by atoms with E-state index < -0.39 is 36.1 Å². The van der Waals surface area contributed by atoms with E-state index in [0.29, 0.717) is 0 Å². The van der Waals surface area contributed by atoms with E-state index in [9.17, 15) is 22.8 Å². The Balaban J connectivity index is 2.82. The molecule has 0 amide bonds. The third-order valence-electron chi connectivity index (χ3n) is 2.28. The topological polar surface area (TPSA) is 52.6 Å². The number of rotatable bonds is 2. The summed E-state index contributed by atoms with van der Waals surface area (Å²) in [6, 6.07) is 0. The zero-order valence-corrected chi connectivity index (χ0v) is 8.76. The minimum Gasteiger partial charge on any atom is -0.464 e. The third kappa shape index (κ3) is 2.18. The van der Waals surface area contributed by atoms with E-state index in [1.54, 1.807) is 0 Å². The van der Waals surface area contributed by atoms with E-state index in [1.807, 2.05) is 0 Å². The molecule has 16 heavy (non-hydrogen) atoms. The molecule has 2 atom stereocenters. The maximum absolute atomic E-state index is 12.5. The summed E-state index contributed by atoms with van der Waals surface area (Å²) < 4.78 is 46.5. The summed E-state index contributed by atoms with van der Waals surface area (Å²) in [6.45, 7) is 2.21. The maximum atomic E-state index is 12.5. The summed E-state index contributed by atoms with van der Waals surface area (Å²) in [7, 11) is 0. The van der Waals surface area contributed by atoms with Gasteiger partial charge in [0.15, 0.2) is 11.4 Å². The molecule has 0 bridgehead atoms. The molecule has 0 aliphatic carbocycles. The number of carbonyl (C=O) groups excluding carboxylic acids is 2.